The van der Waals surface area contributed by atoms with Crippen molar-refractivity contribution in [2.45, 2.75) is 38.1 Å². The molecule has 3 heterocycles. The van der Waals surface area contributed by atoms with Gasteiger partial charge < -0.3 is 18.6 Å². The highest BCUT2D eigenvalue weighted by atomic mass is 16.7. The van der Waals surface area contributed by atoms with Crippen molar-refractivity contribution in [2.75, 3.05) is 26.9 Å². The van der Waals surface area contributed by atoms with Gasteiger partial charge in [0.05, 0.1) is 32.6 Å². The van der Waals surface area contributed by atoms with Gasteiger partial charge in [0.1, 0.15) is 0 Å². The van der Waals surface area contributed by atoms with Crippen molar-refractivity contribution < 1.29 is 23.4 Å². The second kappa shape index (κ2) is 6.60. The third kappa shape index (κ3) is 3.12. The summed E-state index contributed by atoms with van der Waals surface area (Å²) in [7, 11) is 1.36. The SMILES string of the molecule is COC(=O)c1occc1CN1CCCCC1C1OCCO1. The Morgan fingerprint density at radius 3 is 2.95 bits per heavy atom. The van der Waals surface area contributed by atoms with Gasteiger partial charge >= 0.3 is 5.97 Å². The molecule has 2 aliphatic rings. The molecule has 2 fully saturated rings. The monoisotopic (exact) mass is 295 g/mol. The van der Waals surface area contributed by atoms with Gasteiger partial charge in [-0.2, -0.15) is 0 Å². The van der Waals surface area contributed by atoms with Crippen LogP contribution in [0.15, 0.2) is 16.7 Å². The summed E-state index contributed by atoms with van der Waals surface area (Å²) >= 11 is 0. The largest absolute Gasteiger partial charge is 0.463 e. The molecule has 0 bridgehead atoms. The highest BCUT2D eigenvalue weighted by Crippen LogP contribution is 2.27. The van der Waals surface area contributed by atoms with E-state index in [1.807, 2.05) is 6.07 Å². The van der Waals surface area contributed by atoms with Crippen LogP contribution < -0.4 is 0 Å². The number of furan rings is 1. The highest BCUT2D eigenvalue weighted by Gasteiger charge is 2.34. The Morgan fingerprint density at radius 1 is 1.38 bits per heavy atom. The maximum atomic E-state index is 11.7. The van der Waals surface area contributed by atoms with Gasteiger partial charge in [-0.3, -0.25) is 4.90 Å². The van der Waals surface area contributed by atoms with Crippen LogP contribution in [0.2, 0.25) is 0 Å². The third-order valence-electron chi connectivity index (χ3n) is 4.12. The lowest BCUT2D eigenvalue weighted by Crippen LogP contribution is -2.46. The molecule has 1 unspecified atom stereocenters. The van der Waals surface area contributed by atoms with E-state index in [-0.39, 0.29) is 18.1 Å². The van der Waals surface area contributed by atoms with Crippen LogP contribution in [-0.2, 0) is 20.8 Å². The summed E-state index contributed by atoms with van der Waals surface area (Å²) in [6, 6.07) is 2.07. The number of methoxy groups -OCH3 is 1. The Bertz CT molecular complexity index is 480. The van der Waals surface area contributed by atoms with Crippen molar-refractivity contribution in [3.8, 4) is 0 Å². The van der Waals surface area contributed by atoms with Gasteiger partial charge in [0.15, 0.2) is 6.29 Å². The normalized spacial score (nSPS) is 24.3. The summed E-state index contributed by atoms with van der Waals surface area (Å²) in [6.07, 6.45) is 4.76. The van der Waals surface area contributed by atoms with Crippen LogP contribution in [0.1, 0.15) is 35.4 Å². The number of esters is 1. The topological polar surface area (TPSA) is 61.1 Å². The first-order valence-corrected chi connectivity index (χ1v) is 7.41. The molecule has 0 aliphatic carbocycles. The minimum Gasteiger partial charge on any atom is -0.463 e. The van der Waals surface area contributed by atoms with Crippen LogP contribution in [0.4, 0.5) is 0 Å². The molecule has 6 heteroatoms. The van der Waals surface area contributed by atoms with Gasteiger partial charge in [-0.25, -0.2) is 4.79 Å². The van der Waals surface area contributed by atoms with E-state index in [4.69, 9.17) is 18.6 Å². The molecule has 0 saturated carbocycles. The van der Waals surface area contributed by atoms with Crippen molar-refractivity contribution in [1.82, 2.24) is 4.90 Å². The Balaban J connectivity index is 1.72. The fourth-order valence-corrected chi connectivity index (χ4v) is 3.07. The number of rotatable bonds is 4. The summed E-state index contributed by atoms with van der Waals surface area (Å²) in [5.74, 6) is -0.146. The highest BCUT2D eigenvalue weighted by molar-refractivity contribution is 5.87. The molecule has 21 heavy (non-hydrogen) atoms. The van der Waals surface area contributed by atoms with Gasteiger partial charge in [0.2, 0.25) is 5.76 Å². The lowest BCUT2D eigenvalue weighted by molar-refractivity contribution is -0.111. The molecular formula is C15H21NO5. The van der Waals surface area contributed by atoms with Crippen molar-refractivity contribution in [2.24, 2.45) is 0 Å². The van der Waals surface area contributed by atoms with Crippen molar-refractivity contribution in [3.63, 3.8) is 0 Å². The van der Waals surface area contributed by atoms with Crippen LogP contribution in [0, 0.1) is 0 Å². The number of ether oxygens (including phenoxy) is 3. The molecule has 3 rings (SSSR count). The van der Waals surface area contributed by atoms with Crippen LogP contribution in [0.3, 0.4) is 0 Å². The Hall–Kier alpha value is -1.37. The number of hydrogen-bond donors (Lipinski definition) is 0. The molecular weight excluding hydrogens is 274 g/mol. The maximum Gasteiger partial charge on any atom is 0.374 e. The van der Waals surface area contributed by atoms with E-state index < -0.39 is 5.97 Å². The van der Waals surface area contributed by atoms with Gasteiger partial charge in [-0.05, 0) is 25.5 Å². The zero-order valence-electron chi connectivity index (χ0n) is 12.2. The number of carbonyl (C=O) groups excluding carboxylic acids is 1. The summed E-state index contributed by atoms with van der Waals surface area (Å²) in [5.41, 5.74) is 0.853. The van der Waals surface area contributed by atoms with Crippen LogP contribution in [-0.4, -0.2) is 50.1 Å². The van der Waals surface area contributed by atoms with Crippen molar-refractivity contribution in [3.05, 3.63) is 23.7 Å². The van der Waals surface area contributed by atoms with E-state index in [1.165, 1.54) is 19.8 Å². The Labute approximate surface area is 123 Å². The predicted molar refractivity (Wildman–Crippen MR) is 73.8 cm³/mol. The van der Waals surface area contributed by atoms with E-state index in [9.17, 15) is 4.79 Å². The summed E-state index contributed by atoms with van der Waals surface area (Å²) in [5, 5.41) is 0. The van der Waals surface area contributed by atoms with Crippen LogP contribution in [0.25, 0.3) is 0 Å². The minimum atomic E-state index is -0.433. The van der Waals surface area contributed by atoms with Gasteiger partial charge in [0, 0.05) is 12.1 Å². The molecule has 0 N–H and O–H groups in total. The van der Waals surface area contributed by atoms with Gasteiger partial charge in [-0.15, -0.1) is 0 Å². The fourth-order valence-electron chi connectivity index (χ4n) is 3.07. The average Bonchev–Trinajstić information content (AvgIpc) is 3.18. The number of carbonyl (C=O) groups is 1. The standard InChI is InChI=1S/C15H21NO5/c1-18-14(17)13-11(5-7-19-13)10-16-6-3-2-4-12(16)15-20-8-9-21-15/h5,7,12,15H,2-4,6,8-10H2,1H3. The predicted octanol–water partition coefficient (Wildman–Crippen LogP) is 1.79. The quantitative estimate of drug-likeness (QED) is 0.789. The molecule has 0 amide bonds. The molecule has 0 aromatic carbocycles. The van der Waals surface area contributed by atoms with Crippen LogP contribution in [0.5, 0.6) is 0 Å². The second-order valence-corrected chi connectivity index (χ2v) is 5.41. The molecule has 2 saturated heterocycles. The van der Waals surface area contributed by atoms with E-state index >= 15 is 0 Å². The molecule has 2 aliphatic heterocycles. The van der Waals surface area contributed by atoms with E-state index in [0.29, 0.717) is 19.8 Å². The smallest absolute Gasteiger partial charge is 0.374 e. The lowest BCUT2D eigenvalue weighted by Gasteiger charge is -2.37. The van der Waals surface area contributed by atoms with Gasteiger partial charge in [0.25, 0.3) is 0 Å². The van der Waals surface area contributed by atoms with Crippen molar-refractivity contribution in [1.29, 1.82) is 0 Å². The molecule has 6 nitrogen and oxygen atoms in total. The first-order chi connectivity index (χ1) is 10.3. The molecule has 0 spiro atoms. The molecule has 0 radical (unpaired) electrons. The lowest BCUT2D eigenvalue weighted by atomic mass is 10.0. The molecule has 1 aromatic rings. The summed E-state index contributed by atoms with van der Waals surface area (Å²) in [4.78, 5) is 14.0. The van der Waals surface area contributed by atoms with Crippen molar-refractivity contribution >= 4 is 5.97 Å². The molecule has 1 aromatic heterocycles. The average molecular weight is 295 g/mol. The second-order valence-electron chi connectivity index (χ2n) is 5.41. The first-order valence-electron chi connectivity index (χ1n) is 7.41. The number of likely N-dealkylation sites (tertiary alicyclic amines) is 1. The number of hydrogen-bond acceptors (Lipinski definition) is 6. The van der Waals surface area contributed by atoms with Crippen LogP contribution >= 0.6 is 0 Å². The fraction of sp³-hybridized carbons (Fsp3) is 0.667. The summed E-state index contributed by atoms with van der Waals surface area (Å²) in [6.45, 7) is 2.94. The van der Waals surface area contributed by atoms with E-state index in [2.05, 4.69) is 4.90 Å². The molecule has 1 atom stereocenters. The zero-order valence-corrected chi connectivity index (χ0v) is 12.2. The third-order valence-corrected chi connectivity index (χ3v) is 4.12. The zero-order chi connectivity index (χ0) is 14.7. The van der Waals surface area contributed by atoms with E-state index in [0.717, 1.165) is 24.9 Å². The first kappa shape index (κ1) is 14.6. The molecule has 116 valence electrons. The minimum absolute atomic E-state index is 0.154. The maximum absolute atomic E-state index is 11.7. The number of piperidine rings is 1. The van der Waals surface area contributed by atoms with E-state index in [1.54, 1.807) is 0 Å². The number of nitrogens with zero attached hydrogens (tertiary/aromatic N) is 1. The summed E-state index contributed by atoms with van der Waals surface area (Å²) < 4.78 is 21.3. The van der Waals surface area contributed by atoms with Gasteiger partial charge in [-0.1, -0.05) is 6.42 Å². The Morgan fingerprint density at radius 2 is 2.19 bits per heavy atom. The Kier molecular flexibility index (Phi) is 4.57.